The number of hydrogen-bond acceptors (Lipinski definition) is 5. The third kappa shape index (κ3) is 2.86. The van der Waals surface area contributed by atoms with Gasteiger partial charge in [0.25, 0.3) is 5.69 Å². The van der Waals surface area contributed by atoms with Crippen molar-refractivity contribution < 1.29 is 13.3 Å². The summed E-state index contributed by atoms with van der Waals surface area (Å²) < 4.78 is 25.7. The van der Waals surface area contributed by atoms with Crippen molar-refractivity contribution in [2.45, 2.75) is 31.2 Å². The highest BCUT2D eigenvalue weighted by Crippen LogP contribution is 2.50. The van der Waals surface area contributed by atoms with Crippen LogP contribution < -0.4 is 9.62 Å². The second kappa shape index (κ2) is 4.96. The lowest BCUT2D eigenvalue weighted by Crippen LogP contribution is -2.25. The predicted octanol–water partition coefficient (Wildman–Crippen LogP) is 1.74. The van der Waals surface area contributed by atoms with Crippen LogP contribution in [0.4, 0.5) is 11.4 Å². The largest absolute Gasteiger partial charge is 0.366 e. The van der Waals surface area contributed by atoms with Crippen molar-refractivity contribution >= 4 is 21.4 Å². The van der Waals surface area contributed by atoms with E-state index in [0.29, 0.717) is 5.69 Å². The number of nitro groups is 1. The van der Waals surface area contributed by atoms with Crippen molar-refractivity contribution in [3.8, 4) is 0 Å². The van der Waals surface area contributed by atoms with Crippen LogP contribution in [0.1, 0.15) is 20.3 Å². The maximum absolute atomic E-state index is 11.8. The molecule has 1 aromatic rings. The monoisotopic (exact) mass is 313 g/mol. The number of anilines is 1. The van der Waals surface area contributed by atoms with Crippen LogP contribution in [0.15, 0.2) is 23.1 Å². The minimum atomic E-state index is -3.70. The van der Waals surface area contributed by atoms with E-state index in [1.54, 1.807) is 7.05 Å². The first-order chi connectivity index (χ1) is 9.60. The highest BCUT2D eigenvalue weighted by atomic mass is 32.2. The van der Waals surface area contributed by atoms with Crippen molar-refractivity contribution in [2.75, 3.05) is 19.0 Å². The van der Waals surface area contributed by atoms with E-state index in [2.05, 4.69) is 18.6 Å². The molecule has 1 aliphatic carbocycles. The Morgan fingerprint density at radius 1 is 1.43 bits per heavy atom. The maximum atomic E-state index is 11.8. The smallest absolute Gasteiger partial charge is 0.293 e. The molecule has 0 amide bonds. The Kier molecular flexibility index (Phi) is 3.71. The van der Waals surface area contributed by atoms with Crippen LogP contribution >= 0.6 is 0 Å². The molecule has 21 heavy (non-hydrogen) atoms. The van der Waals surface area contributed by atoms with Gasteiger partial charge in [0.05, 0.1) is 9.82 Å². The van der Waals surface area contributed by atoms with Gasteiger partial charge in [0, 0.05) is 19.2 Å². The Hall–Kier alpha value is -1.67. The van der Waals surface area contributed by atoms with Crippen LogP contribution in [0.3, 0.4) is 0 Å². The average Bonchev–Trinajstić information content (AvgIpc) is 3.06. The molecule has 1 fully saturated rings. The lowest BCUT2D eigenvalue weighted by molar-refractivity contribution is -0.384. The van der Waals surface area contributed by atoms with Crippen LogP contribution in [0.2, 0.25) is 0 Å². The van der Waals surface area contributed by atoms with Gasteiger partial charge < -0.3 is 4.90 Å². The third-order valence-corrected chi connectivity index (χ3v) is 5.44. The van der Waals surface area contributed by atoms with Gasteiger partial charge in [-0.2, -0.15) is 0 Å². The standard InChI is InChI=1S/C13H19N3O4S/c1-13(2)8-12(13)15(4)10-6-5-9(21(19,20)14-3)7-11(10)16(17)18/h5-7,12,14H,8H2,1-4H3/t12-/m1/s1. The Balaban J connectivity index is 2.46. The Labute approximate surface area is 124 Å². The molecule has 1 aliphatic rings. The number of hydrogen-bond donors (Lipinski definition) is 1. The van der Waals surface area contributed by atoms with E-state index < -0.39 is 14.9 Å². The second-order valence-corrected chi connectivity index (χ2v) is 7.82. The van der Waals surface area contributed by atoms with E-state index >= 15 is 0 Å². The average molecular weight is 313 g/mol. The van der Waals surface area contributed by atoms with E-state index in [-0.39, 0.29) is 22.0 Å². The summed E-state index contributed by atoms with van der Waals surface area (Å²) in [7, 11) is -0.626. The zero-order valence-electron chi connectivity index (χ0n) is 12.5. The molecule has 1 saturated carbocycles. The summed E-state index contributed by atoms with van der Waals surface area (Å²) in [4.78, 5) is 12.5. The van der Waals surface area contributed by atoms with Crippen molar-refractivity contribution in [1.29, 1.82) is 0 Å². The summed E-state index contributed by atoms with van der Waals surface area (Å²) in [6.45, 7) is 4.19. The summed E-state index contributed by atoms with van der Waals surface area (Å²) in [6.07, 6.45) is 0.956. The van der Waals surface area contributed by atoms with Crippen LogP contribution in [0.5, 0.6) is 0 Å². The first kappa shape index (κ1) is 15.7. The first-order valence-electron chi connectivity index (χ1n) is 6.55. The van der Waals surface area contributed by atoms with Gasteiger partial charge in [-0.05, 0) is 31.0 Å². The van der Waals surface area contributed by atoms with Gasteiger partial charge in [-0.1, -0.05) is 13.8 Å². The van der Waals surface area contributed by atoms with E-state index in [1.165, 1.54) is 19.2 Å². The molecule has 0 saturated heterocycles. The molecular weight excluding hydrogens is 294 g/mol. The van der Waals surface area contributed by atoms with Gasteiger partial charge in [0.2, 0.25) is 10.0 Å². The highest BCUT2D eigenvalue weighted by Gasteiger charge is 2.49. The molecule has 0 unspecified atom stereocenters. The molecule has 1 atom stereocenters. The lowest BCUT2D eigenvalue weighted by Gasteiger charge is -2.21. The Morgan fingerprint density at radius 2 is 2.00 bits per heavy atom. The van der Waals surface area contributed by atoms with E-state index in [9.17, 15) is 18.5 Å². The van der Waals surface area contributed by atoms with Crippen molar-refractivity contribution in [2.24, 2.45) is 5.41 Å². The highest BCUT2D eigenvalue weighted by molar-refractivity contribution is 7.89. The fraction of sp³-hybridized carbons (Fsp3) is 0.538. The number of nitro benzene ring substituents is 1. The van der Waals surface area contributed by atoms with Crippen molar-refractivity contribution in [1.82, 2.24) is 4.72 Å². The molecule has 1 N–H and O–H groups in total. The summed E-state index contributed by atoms with van der Waals surface area (Å²) in [5.41, 5.74) is 0.361. The molecule has 0 spiro atoms. The first-order valence-corrected chi connectivity index (χ1v) is 8.03. The van der Waals surface area contributed by atoms with Gasteiger partial charge in [0.15, 0.2) is 0 Å². The van der Waals surface area contributed by atoms with Gasteiger partial charge >= 0.3 is 0 Å². The minimum absolute atomic E-state index is 0.107. The topological polar surface area (TPSA) is 92.6 Å². The Morgan fingerprint density at radius 3 is 2.43 bits per heavy atom. The summed E-state index contributed by atoms with van der Waals surface area (Å²) in [5.74, 6) is 0. The van der Waals surface area contributed by atoms with E-state index in [1.807, 2.05) is 4.90 Å². The lowest BCUT2D eigenvalue weighted by atomic mass is 10.1. The molecule has 8 heteroatoms. The maximum Gasteiger partial charge on any atom is 0.293 e. The minimum Gasteiger partial charge on any atom is -0.366 e. The molecule has 0 heterocycles. The molecule has 2 rings (SSSR count). The number of benzene rings is 1. The fourth-order valence-electron chi connectivity index (χ4n) is 2.50. The molecular formula is C13H19N3O4S. The SMILES string of the molecule is CNS(=O)(=O)c1ccc(N(C)[C@@H]2CC2(C)C)c([N+](=O)[O-])c1. The predicted molar refractivity (Wildman–Crippen MR) is 79.9 cm³/mol. The summed E-state index contributed by atoms with van der Waals surface area (Å²) in [6, 6.07) is 4.21. The molecule has 0 bridgehead atoms. The third-order valence-electron chi connectivity index (χ3n) is 4.03. The van der Waals surface area contributed by atoms with Crippen LogP contribution in [-0.2, 0) is 10.0 Å². The van der Waals surface area contributed by atoms with Gasteiger partial charge in [-0.25, -0.2) is 13.1 Å². The van der Waals surface area contributed by atoms with Crippen LogP contribution in [-0.4, -0.2) is 33.5 Å². The number of nitrogens with zero attached hydrogens (tertiary/aromatic N) is 2. The quantitative estimate of drug-likeness (QED) is 0.660. The number of rotatable bonds is 5. The van der Waals surface area contributed by atoms with E-state index in [4.69, 9.17) is 0 Å². The fourth-order valence-corrected chi connectivity index (χ4v) is 3.25. The molecule has 0 aromatic heterocycles. The van der Waals surface area contributed by atoms with Crippen molar-refractivity contribution in [3.63, 3.8) is 0 Å². The summed E-state index contributed by atoms with van der Waals surface area (Å²) >= 11 is 0. The van der Waals surface area contributed by atoms with Gasteiger partial charge in [-0.3, -0.25) is 10.1 Å². The van der Waals surface area contributed by atoms with Gasteiger partial charge in [-0.15, -0.1) is 0 Å². The van der Waals surface area contributed by atoms with Gasteiger partial charge in [0.1, 0.15) is 5.69 Å². The summed E-state index contributed by atoms with van der Waals surface area (Å²) in [5, 5.41) is 11.3. The molecule has 0 aliphatic heterocycles. The van der Waals surface area contributed by atoms with Crippen molar-refractivity contribution in [3.05, 3.63) is 28.3 Å². The molecule has 7 nitrogen and oxygen atoms in total. The zero-order valence-corrected chi connectivity index (χ0v) is 13.3. The molecule has 1 aromatic carbocycles. The van der Waals surface area contributed by atoms with Crippen LogP contribution in [0, 0.1) is 15.5 Å². The number of sulfonamides is 1. The second-order valence-electron chi connectivity index (χ2n) is 5.93. The Bertz CT molecular complexity index is 685. The normalized spacial score (nSPS) is 20.1. The zero-order chi connectivity index (χ0) is 16.0. The molecule has 116 valence electrons. The van der Waals surface area contributed by atoms with E-state index in [0.717, 1.165) is 12.5 Å². The molecule has 0 radical (unpaired) electrons. The number of nitrogens with one attached hydrogen (secondary N) is 1. The van der Waals surface area contributed by atoms with Crippen LogP contribution in [0.25, 0.3) is 0 Å².